The molecule has 88 valence electrons. The van der Waals surface area contributed by atoms with E-state index in [9.17, 15) is 0 Å². The van der Waals surface area contributed by atoms with E-state index >= 15 is 0 Å². The van der Waals surface area contributed by atoms with Gasteiger partial charge in [0.25, 0.3) is 0 Å². The lowest BCUT2D eigenvalue weighted by atomic mass is 10.0. The number of allylic oxidation sites excluding steroid dienone is 1. The molecule has 1 unspecified atom stereocenters. The molecular weight excluding hydrogens is 202 g/mol. The van der Waals surface area contributed by atoms with Crippen LogP contribution in [0.15, 0.2) is 30.9 Å². The van der Waals surface area contributed by atoms with Gasteiger partial charge in [0, 0.05) is 17.7 Å². The molecule has 0 aromatic heterocycles. The Morgan fingerprint density at radius 3 is 2.69 bits per heavy atom. The Morgan fingerprint density at radius 1 is 1.38 bits per heavy atom. The van der Waals surface area contributed by atoms with Gasteiger partial charge >= 0.3 is 0 Å². The number of nitrogens with two attached hydrogens (primary N) is 1. The maximum absolute atomic E-state index is 6.08. The van der Waals surface area contributed by atoms with E-state index in [-0.39, 0.29) is 6.04 Å². The van der Waals surface area contributed by atoms with Gasteiger partial charge in [-0.05, 0) is 18.9 Å². The van der Waals surface area contributed by atoms with Crippen LogP contribution in [0.25, 0.3) is 0 Å². The van der Waals surface area contributed by atoms with Crippen molar-refractivity contribution in [2.75, 3.05) is 14.2 Å². The second-order valence-electron chi connectivity index (χ2n) is 3.58. The predicted molar refractivity (Wildman–Crippen MR) is 65.9 cm³/mol. The molecule has 0 aliphatic rings. The summed E-state index contributed by atoms with van der Waals surface area (Å²) in [7, 11) is 3.27. The second-order valence-corrected chi connectivity index (χ2v) is 3.58. The molecule has 0 saturated carbocycles. The predicted octanol–water partition coefficient (Wildman–Crippen LogP) is 2.67. The fraction of sp³-hybridized carbons (Fsp3) is 0.385. The van der Waals surface area contributed by atoms with E-state index in [0.29, 0.717) is 0 Å². The Hall–Kier alpha value is -1.48. The molecule has 2 N–H and O–H groups in total. The highest BCUT2D eigenvalue weighted by Gasteiger charge is 2.11. The zero-order chi connectivity index (χ0) is 12.0. The molecule has 0 amide bonds. The summed E-state index contributed by atoms with van der Waals surface area (Å²) in [5, 5.41) is 0. The lowest BCUT2D eigenvalue weighted by Crippen LogP contribution is -2.11. The van der Waals surface area contributed by atoms with Gasteiger partial charge in [0.05, 0.1) is 14.2 Å². The van der Waals surface area contributed by atoms with E-state index in [4.69, 9.17) is 15.2 Å². The van der Waals surface area contributed by atoms with Gasteiger partial charge in [0.2, 0.25) is 0 Å². The van der Waals surface area contributed by atoms with Gasteiger partial charge in [-0.3, -0.25) is 0 Å². The monoisotopic (exact) mass is 221 g/mol. The third-order valence-corrected chi connectivity index (χ3v) is 2.52. The Labute approximate surface area is 96.9 Å². The first-order valence-corrected chi connectivity index (χ1v) is 5.31. The zero-order valence-electron chi connectivity index (χ0n) is 9.90. The molecule has 3 heteroatoms. The van der Waals surface area contributed by atoms with Crippen molar-refractivity contribution in [1.82, 2.24) is 0 Å². The van der Waals surface area contributed by atoms with Crippen LogP contribution in [0.4, 0.5) is 0 Å². The van der Waals surface area contributed by atoms with Crippen molar-refractivity contribution in [3.63, 3.8) is 0 Å². The number of ether oxygens (including phenoxy) is 2. The molecule has 1 atom stereocenters. The first kappa shape index (κ1) is 12.6. The number of benzene rings is 1. The summed E-state index contributed by atoms with van der Waals surface area (Å²) in [6.07, 6.45) is 3.64. The minimum Gasteiger partial charge on any atom is -0.497 e. The number of rotatable bonds is 6. The average molecular weight is 221 g/mol. The summed E-state index contributed by atoms with van der Waals surface area (Å²) in [5.41, 5.74) is 7.09. The SMILES string of the molecule is C=CCCC(N)c1ccc(OC)cc1OC. The van der Waals surface area contributed by atoms with E-state index < -0.39 is 0 Å². The van der Waals surface area contributed by atoms with Gasteiger partial charge in [-0.15, -0.1) is 6.58 Å². The zero-order valence-corrected chi connectivity index (χ0v) is 9.90. The summed E-state index contributed by atoms with van der Waals surface area (Å²) in [5.74, 6) is 1.55. The van der Waals surface area contributed by atoms with Crippen LogP contribution in [-0.4, -0.2) is 14.2 Å². The first-order valence-electron chi connectivity index (χ1n) is 5.31. The third-order valence-electron chi connectivity index (χ3n) is 2.52. The van der Waals surface area contributed by atoms with Crippen molar-refractivity contribution >= 4 is 0 Å². The quantitative estimate of drug-likeness (QED) is 0.751. The van der Waals surface area contributed by atoms with Crippen molar-refractivity contribution in [3.8, 4) is 11.5 Å². The number of methoxy groups -OCH3 is 2. The number of hydrogen-bond donors (Lipinski definition) is 1. The molecular formula is C13H19NO2. The van der Waals surface area contributed by atoms with Gasteiger partial charge in [0.1, 0.15) is 11.5 Å². The highest BCUT2D eigenvalue weighted by molar-refractivity contribution is 5.42. The van der Waals surface area contributed by atoms with Crippen LogP contribution in [-0.2, 0) is 0 Å². The van der Waals surface area contributed by atoms with Crippen molar-refractivity contribution in [3.05, 3.63) is 36.4 Å². The molecule has 1 aromatic carbocycles. The fourth-order valence-corrected chi connectivity index (χ4v) is 1.58. The normalized spacial score (nSPS) is 11.9. The molecule has 1 rings (SSSR count). The largest absolute Gasteiger partial charge is 0.497 e. The summed E-state index contributed by atoms with van der Waals surface area (Å²) < 4.78 is 10.4. The fourth-order valence-electron chi connectivity index (χ4n) is 1.58. The van der Waals surface area contributed by atoms with Crippen LogP contribution in [0.5, 0.6) is 11.5 Å². The van der Waals surface area contributed by atoms with Gasteiger partial charge in [-0.25, -0.2) is 0 Å². The van der Waals surface area contributed by atoms with Crippen molar-refractivity contribution in [2.45, 2.75) is 18.9 Å². The van der Waals surface area contributed by atoms with Gasteiger partial charge in [-0.1, -0.05) is 12.1 Å². The molecule has 3 nitrogen and oxygen atoms in total. The summed E-state index contributed by atoms with van der Waals surface area (Å²) in [4.78, 5) is 0. The lowest BCUT2D eigenvalue weighted by molar-refractivity contribution is 0.387. The van der Waals surface area contributed by atoms with Crippen molar-refractivity contribution in [1.29, 1.82) is 0 Å². The minimum atomic E-state index is -0.0288. The van der Waals surface area contributed by atoms with Gasteiger partial charge in [-0.2, -0.15) is 0 Å². The van der Waals surface area contributed by atoms with Crippen molar-refractivity contribution < 1.29 is 9.47 Å². The second kappa shape index (κ2) is 6.18. The van der Waals surface area contributed by atoms with Crippen LogP contribution in [0.1, 0.15) is 24.4 Å². The number of hydrogen-bond acceptors (Lipinski definition) is 3. The van der Waals surface area contributed by atoms with E-state index in [1.807, 2.05) is 24.3 Å². The summed E-state index contributed by atoms with van der Waals surface area (Å²) >= 11 is 0. The van der Waals surface area contributed by atoms with Crippen LogP contribution >= 0.6 is 0 Å². The minimum absolute atomic E-state index is 0.0288. The van der Waals surface area contributed by atoms with Crippen LogP contribution in [0.2, 0.25) is 0 Å². The van der Waals surface area contributed by atoms with Crippen LogP contribution < -0.4 is 15.2 Å². The van der Waals surface area contributed by atoms with E-state index in [2.05, 4.69) is 6.58 Å². The highest BCUT2D eigenvalue weighted by atomic mass is 16.5. The maximum atomic E-state index is 6.08. The molecule has 0 heterocycles. The molecule has 1 aromatic rings. The Morgan fingerprint density at radius 2 is 2.12 bits per heavy atom. The van der Waals surface area contributed by atoms with Crippen molar-refractivity contribution in [2.24, 2.45) is 5.73 Å². The molecule has 0 spiro atoms. The molecule has 0 bridgehead atoms. The highest BCUT2D eigenvalue weighted by Crippen LogP contribution is 2.30. The molecule has 0 radical (unpaired) electrons. The molecule has 0 saturated heterocycles. The van der Waals surface area contributed by atoms with Gasteiger partial charge < -0.3 is 15.2 Å². The molecule has 0 aliphatic heterocycles. The molecule has 0 fully saturated rings. The molecule has 0 aliphatic carbocycles. The lowest BCUT2D eigenvalue weighted by Gasteiger charge is -2.15. The van der Waals surface area contributed by atoms with E-state index in [0.717, 1.165) is 29.9 Å². The Balaban J connectivity index is 2.89. The smallest absolute Gasteiger partial charge is 0.127 e. The summed E-state index contributed by atoms with van der Waals surface area (Å²) in [6, 6.07) is 5.67. The van der Waals surface area contributed by atoms with Crippen LogP contribution in [0.3, 0.4) is 0 Å². The van der Waals surface area contributed by atoms with Gasteiger partial charge in [0.15, 0.2) is 0 Å². The maximum Gasteiger partial charge on any atom is 0.127 e. The standard InChI is InChI=1S/C13H19NO2/c1-4-5-6-12(14)11-8-7-10(15-2)9-13(11)16-3/h4,7-9,12H,1,5-6,14H2,2-3H3. The van der Waals surface area contributed by atoms with Crippen LogP contribution in [0, 0.1) is 0 Å². The Bertz CT molecular complexity index is 350. The van der Waals surface area contributed by atoms with E-state index in [1.54, 1.807) is 14.2 Å². The Kier molecular flexibility index (Phi) is 4.86. The van der Waals surface area contributed by atoms with E-state index in [1.165, 1.54) is 0 Å². The topological polar surface area (TPSA) is 44.5 Å². The average Bonchev–Trinajstić information content (AvgIpc) is 2.34. The summed E-state index contributed by atoms with van der Waals surface area (Å²) in [6.45, 7) is 3.69. The first-order chi connectivity index (χ1) is 7.72. The molecule has 16 heavy (non-hydrogen) atoms. The third kappa shape index (κ3) is 3.00.